The van der Waals surface area contributed by atoms with Gasteiger partial charge < -0.3 is 10.2 Å². The summed E-state index contributed by atoms with van der Waals surface area (Å²) in [5, 5.41) is 2.99. The van der Waals surface area contributed by atoms with Gasteiger partial charge in [0.2, 0.25) is 0 Å². The Bertz CT molecular complexity index is 928. The predicted octanol–water partition coefficient (Wildman–Crippen LogP) is 4.35. The first kappa shape index (κ1) is 19.4. The van der Waals surface area contributed by atoms with Crippen LogP contribution >= 0.6 is 0 Å². The highest BCUT2D eigenvalue weighted by atomic mass is 16.1. The van der Waals surface area contributed by atoms with E-state index >= 15 is 0 Å². The maximum Gasteiger partial charge on any atom is 0.255 e. The molecule has 1 aliphatic rings. The predicted molar refractivity (Wildman–Crippen MR) is 119 cm³/mol. The second kappa shape index (κ2) is 9.03. The zero-order chi connectivity index (χ0) is 20.1. The molecule has 1 amide bonds. The highest BCUT2D eigenvalue weighted by Gasteiger charge is 2.14. The minimum absolute atomic E-state index is 0.0866. The number of piperazine rings is 1. The van der Waals surface area contributed by atoms with Crippen LogP contribution in [0.1, 0.15) is 15.9 Å². The maximum atomic E-state index is 12.6. The third-order valence-electron chi connectivity index (χ3n) is 5.47. The molecule has 3 aromatic carbocycles. The molecular weight excluding hydrogens is 358 g/mol. The first-order chi connectivity index (χ1) is 14.2. The molecule has 4 rings (SSSR count). The Hall–Kier alpha value is -2.95. The maximum absolute atomic E-state index is 12.6. The van der Waals surface area contributed by atoms with Crippen LogP contribution in [0, 0.1) is 0 Å². The van der Waals surface area contributed by atoms with Crippen molar-refractivity contribution in [2.24, 2.45) is 0 Å². The number of rotatable bonds is 5. The average Bonchev–Trinajstić information content (AvgIpc) is 2.77. The molecule has 4 nitrogen and oxygen atoms in total. The smallest absolute Gasteiger partial charge is 0.255 e. The Morgan fingerprint density at radius 1 is 0.793 bits per heavy atom. The lowest BCUT2D eigenvalue weighted by molar-refractivity contribution is 0.102. The Kier molecular flexibility index (Phi) is 6.03. The molecule has 0 aromatic heterocycles. The van der Waals surface area contributed by atoms with Crippen molar-refractivity contribution in [2.45, 2.75) is 6.54 Å². The van der Waals surface area contributed by atoms with Gasteiger partial charge in [-0.05, 0) is 48.0 Å². The van der Waals surface area contributed by atoms with E-state index in [9.17, 15) is 4.79 Å². The topological polar surface area (TPSA) is 35.6 Å². The lowest BCUT2D eigenvalue weighted by Crippen LogP contribution is -2.43. The van der Waals surface area contributed by atoms with Crippen LogP contribution < -0.4 is 5.32 Å². The number of nitrogens with one attached hydrogen (secondary N) is 1. The van der Waals surface area contributed by atoms with Crippen LogP contribution in [0.25, 0.3) is 11.1 Å². The third-order valence-corrected chi connectivity index (χ3v) is 5.47. The van der Waals surface area contributed by atoms with Crippen LogP contribution in [-0.4, -0.2) is 48.9 Å². The molecule has 1 N–H and O–H groups in total. The largest absolute Gasteiger partial charge is 0.322 e. The summed E-state index contributed by atoms with van der Waals surface area (Å²) >= 11 is 0. The van der Waals surface area contributed by atoms with Gasteiger partial charge in [-0.3, -0.25) is 9.69 Å². The standard InChI is InChI=1S/C25H27N3O/c1-27-15-17-28(18-16-27)19-20-7-13-24(14-8-20)26-25(29)23-11-9-22(10-12-23)21-5-3-2-4-6-21/h2-14H,15-19H2,1H3,(H,26,29). The minimum atomic E-state index is -0.0866. The summed E-state index contributed by atoms with van der Waals surface area (Å²) in [6.07, 6.45) is 0. The van der Waals surface area contributed by atoms with Gasteiger partial charge in [0.1, 0.15) is 0 Å². The van der Waals surface area contributed by atoms with Gasteiger partial charge in [0.05, 0.1) is 0 Å². The van der Waals surface area contributed by atoms with E-state index in [2.05, 4.69) is 46.4 Å². The molecule has 0 radical (unpaired) electrons. The molecule has 1 heterocycles. The first-order valence-corrected chi connectivity index (χ1v) is 10.1. The molecule has 0 saturated carbocycles. The van der Waals surface area contributed by atoms with E-state index in [1.165, 1.54) is 5.56 Å². The van der Waals surface area contributed by atoms with Crippen molar-refractivity contribution in [3.8, 4) is 11.1 Å². The Balaban J connectivity index is 1.34. The van der Waals surface area contributed by atoms with Crippen LogP contribution in [0.3, 0.4) is 0 Å². The summed E-state index contributed by atoms with van der Waals surface area (Å²) in [5.41, 5.74) is 5.01. The molecule has 1 fully saturated rings. The van der Waals surface area contributed by atoms with Gasteiger partial charge >= 0.3 is 0 Å². The van der Waals surface area contributed by atoms with Crippen LogP contribution in [0.2, 0.25) is 0 Å². The molecule has 3 aromatic rings. The number of hydrogen-bond acceptors (Lipinski definition) is 3. The van der Waals surface area contributed by atoms with E-state index in [1.54, 1.807) is 0 Å². The SMILES string of the molecule is CN1CCN(Cc2ccc(NC(=O)c3ccc(-c4ccccc4)cc3)cc2)CC1. The number of benzene rings is 3. The van der Waals surface area contributed by atoms with Gasteiger partial charge in [0.15, 0.2) is 0 Å². The van der Waals surface area contributed by atoms with Crippen LogP contribution in [0.4, 0.5) is 5.69 Å². The van der Waals surface area contributed by atoms with Crippen molar-refractivity contribution >= 4 is 11.6 Å². The van der Waals surface area contributed by atoms with E-state index in [0.717, 1.165) is 49.5 Å². The van der Waals surface area contributed by atoms with Gasteiger partial charge in [-0.2, -0.15) is 0 Å². The van der Waals surface area contributed by atoms with E-state index in [4.69, 9.17) is 0 Å². The van der Waals surface area contributed by atoms with Crippen LogP contribution in [-0.2, 0) is 6.54 Å². The normalized spacial score (nSPS) is 15.2. The van der Waals surface area contributed by atoms with Crippen molar-refractivity contribution in [3.05, 3.63) is 90.0 Å². The summed E-state index contributed by atoms with van der Waals surface area (Å²) in [7, 11) is 2.17. The van der Waals surface area contributed by atoms with Gasteiger partial charge in [0.25, 0.3) is 5.91 Å². The Morgan fingerprint density at radius 2 is 1.41 bits per heavy atom. The fraction of sp³-hybridized carbons (Fsp3) is 0.240. The highest BCUT2D eigenvalue weighted by Crippen LogP contribution is 2.20. The molecule has 1 saturated heterocycles. The van der Waals surface area contributed by atoms with E-state index in [0.29, 0.717) is 5.56 Å². The number of likely N-dealkylation sites (N-methyl/N-ethyl adjacent to an activating group) is 1. The highest BCUT2D eigenvalue weighted by molar-refractivity contribution is 6.04. The summed E-state index contributed by atoms with van der Waals surface area (Å²) in [6.45, 7) is 5.42. The zero-order valence-electron chi connectivity index (χ0n) is 16.8. The van der Waals surface area contributed by atoms with Gasteiger partial charge in [0, 0.05) is 44.0 Å². The van der Waals surface area contributed by atoms with Crippen molar-refractivity contribution in [3.63, 3.8) is 0 Å². The number of carbonyl (C=O) groups excluding carboxylic acids is 1. The van der Waals surface area contributed by atoms with Crippen molar-refractivity contribution in [1.29, 1.82) is 0 Å². The fourth-order valence-electron chi connectivity index (χ4n) is 3.61. The number of carbonyl (C=O) groups is 1. The molecule has 0 unspecified atom stereocenters. The second-order valence-corrected chi connectivity index (χ2v) is 7.67. The molecule has 4 heteroatoms. The second-order valence-electron chi connectivity index (χ2n) is 7.67. The van der Waals surface area contributed by atoms with Crippen LogP contribution in [0.5, 0.6) is 0 Å². The number of anilines is 1. The van der Waals surface area contributed by atoms with Gasteiger partial charge in [-0.15, -0.1) is 0 Å². The molecule has 0 spiro atoms. The summed E-state index contributed by atoms with van der Waals surface area (Å²) in [4.78, 5) is 17.4. The fourth-order valence-corrected chi connectivity index (χ4v) is 3.61. The average molecular weight is 386 g/mol. The van der Waals surface area contributed by atoms with E-state index in [-0.39, 0.29) is 5.91 Å². The lowest BCUT2D eigenvalue weighted by atomic mass is 10.0. The number of nitrogens with zero attached hydrogens (tertiary/aromatic N) is 2. The molecular formula is C25H27N3O. The summed E-state index contributed by atoms with van der Waals surface area (Å²) in [6, 6.07) is 26.1. The molecule has 0 aliphatic carbocycles. The van der Waals surface area contributed by atoms with Crippen molar-refractivity contribution < 1.29 is 4.79 Å². The molecule has 148 valence electrons. The Labute approximate surface area is 172 Å². The first-order valence-electron chi connectivity index (χ1n) is 10.1. The molecule has 1 aliphatic heterocycles. The molecule has 29 heavy (non-hydrogen) atoms. The van der Waals surface area contributed by atoms with Gasteiger partial charge in [-0.25, -0.2) is 0 Å². The van der Waals surface area contributed by atoms with Gasteiger partial charge in [-0.1, -0.05) is 54.6 Å². The summed E-state index contributed by atoms with van der Waals surface area (Å²) in [5.74, 6) is -0.0866. The monoisotopic (exact) mass is 385 g/mol. The van der Waals surface area contributed by atoms with E-state index < -0.39 is 0 Å². The van der Waals surface area contributed by atoms with E-state index in [1.807, 2.05) is 54.6 Å². The zero-order valence-corrected chi connectivity index (χ0v) is 16.8. The van der Waals surface area contributed by atoms with Crippen molar-refractivity contribution in [2.75, 3.05) is 38.5 Å². The number of amides is 1. The lowest BCUT2D eigenvalue weighted by Gasteiger charge is -2.32. The summed E-state index contributed by atoms with van der Waals surface area (Å²) < 4.78 is 0. The molecule has 0 bridgehead atoms. The minimum Gasteiger partial charge on any atom is -0.322 e. The Morgan fingerprint density at radius 3 is 2.07 bits per heavy atom. The quantitative estimate of drug-likeness (QED) is 0.709. The van der Waals surface area contributed by atoms with Crippen LogP contribution in [0.15, 0.2) is 78.9 Å². The molecule has 0 atom stereocenters. The third kappa shape index (κ3) is 5.11. The van der Waals surface area contributed by atoms with Crippen molar-refractivity contribution in [1.82, 2.24) is 9.80 Å². The number of hydrogen-bond donors (Lipinski definition) is 1.